The smallest absolute Gasteiger partial charge is 0.230 e. The van der Waals surface area contributed by atoms with Crippen LogP contribution in [0.1, 0.15) is 43.2 Å². The van der Waals surface area contributed by atoms with Crippen molar-refractivity contribution in [3.8, 4) is 0 Å². The Labute approximate surface area is 153 Å². The van der Waals surface area contributed by atoms with E-state index in [1.165, 1.54) is 12.1 Å². The minimum Gasteiger partial charge on any atom is -0.355 e. The molecule has 132 valence electrons. The van der Waals surface area contributed by atoms with E-state index in [-0.39, 0.29) is 11.7 Å². The molecule has 0 bridgehead atoms. The van der Waals surface area contributed by atoms with Crippen LogP contribution in [0.15, 0.2) is 48.5 Å². The van der Waals surface area contributed by atoms with Crippen molar-refractivity contribution in [1.29, 1.82) is 0 Å². The van der Waals surface area contributed by atoms with Crippen LogP contribution in [0.25, 0.3) is 0 Å². The van der Waals surface area contributed by atoms with E-state index in [4.69, 9.17) is 11.6 Å². The lowest BCUT2D eigenvalue weighted by Gasteiger charge is -2.36. The van der Waals surface area contributed by atoms with Crippen LogP contribution in [0.4, 0.5) is 4.39 Å². The Morgan fingerprint density at radius 1 is 1.08 bits per heavy atom. The highest BCUT2D eigenvalue weighted by atomic mass is 35.5. The number of hydrogen-bond donors (Lipinski definition) is 1. The third-order valence-electron chi connectivity index (χ3n) is 5.13. The van der Waals surface area contributed by atoms with Crippen LogP contribution in [-0.2, 0) is 16.6 Å². The molecule has 0 radical (unpaired) electrons. The average Bonchev–Trinajstić information content (AvgIpc) is 2.64. The molecule has 3 rings (SSSR count). The summed E-state index contributed by atoms with van der Waals surface area (Å²) in [5, 5.41) is 3.79. The van der Waals surface area contributed by atoms with Gasteiger partial charge in [-0.05, 0) is 54.7 Å². The van der Waals surface area contributed by atoms with E-state index in [2.05, 4.69) is 5.32 Å². The summed E-state index contributed by atoms with van der Waals surface area (Å²) in [6.45, 7) is 0.567. The second kappa shape index (κ2) is 8.01. The molecule has 1 amide bonds. The van der Waals surface area contributed by atoms with Gasteiger partial charge in [-0.15, -0.1) is 0 Å². The predicted molar refractivity (Wildman–Crippen MR) is 99.3 cm³/mol. The number of carbonyl (C=O) groups excluding carboxylic acids is 1. The number of rotatable bonds is 5. The Morgan fingerprint density at radius 2 is 1.80 bits per heavy atom. The molecule has 2 aromatic carbocycles. The van der Waals surface area contributed by atoms with Crippen molar-refractivity contribution in [3.63, 3.8) is 0 Å². The van der Waals surface area contributed by atoms with Gasteiger partial charge in [0, 0.05) is 11.6 Å². The Morgan fingerprint density at radius 3 is 2.48 bits per heavy atom. The molecule has 25 heavy (non-hydrogen) atoms. The van der Waals surface area contributed by atoms with Crippen molar-refractivity contribution in [2.45, 2.75) is 43.9 Å². The highest BCUT2D eigenvalue weighted by molar-refractivity contribution is 6.30. The monoisotopic (exact) mass is 359 g/mol. The largest absolute Gasteiger partial charge is 0.355 e. The van der Waals surface area contributed by atoms with Gasteiger partial charge in [0.1, 0.15) is 5.82 Å². The van der Waals surface area contributed by atoms with Crippen molar-refractivity contribution in [2.75, 3.05) is 6.54 Å². The second-order valence-corrected chi connectivity index (χ2v) is 7.22. The summed E-state index contributed by atoms with van der Waals surface area (Å²) in [6.07, 6.45) is 5.45. The lowest BCUT2D eigenvalue weighted by molar-refractivity contribution is -0.128. The van der Waals surface area contributed by atoms with Crippen LogP contribution >= 0.6 is 11.6 Å². The fraction of sp³-hybridized carbons (Fsp3) is 0.381. The molecule has 0 heterocycles. The molecule has 0 spiro atoms. The molecule has 1 aliphatic carbocycles. The molecule has 1 N–H and O–H groups in total. The Bertz CT molecular complexity index is 723. The van der Waals surface area contributed by atoms with Crippen molar-refractivity contribution in [2.24, 2.45) is 0 Å². The van der Waals surface area contributed by atoms with Gasteiger partial charge in [-0.1, -0.05) is 55.1 Å². The Kier molecular flexibility index (Phi) is 5.74. The van der Waals surface area contributed by atoms with E-state index in [0.717, 1.165) is 49.7 Å². The zero-order chi connectivity index (χ0) is 17.7. The summed E-state index contributed by atoms with van der Waals surface area (Å²) in [5.41, 5.74) is 1.34. The van der Waals surface area contributed by atoms with Gasteiger partial charge >= 0.3 is 0 Å². The van der Waals surface area contributed by atoms with E-state index in [0.29, 0.717) is 11.6 Å². The standard InChI is InChI=1S/C21H23ClFNO/c22-18-9-7-16(8-10-18)11-14-24-20(25)21(12-2-1-3-13-21)17-5-4-6-19(23)15-17/h4-10,15H,1-3,11-14H2,(H,24,25). The summed E-state index contributed by atoms with van der Waals surface area (Å²) in [7, 11) is 0. The lowest BCUT2D eigenvalue weighted by atomic mass is 9.68. The van der Waals surface area contributed by atoms with Gasteiger partial charge in [-0.3, -0.25) is 4.79 Å². The number of halogens is 2. The molecule has 2 aromatic rings. The molecule has 1 saturated carbocycles. The second-order valence-electron chi connectivity index (χ2n) is 6.79. The zero-order valence-electron chi connectivity index (χ0n) is 14.2. The van der Waals surface area contributed by atoms with Crippen molar-refractivity contribution < 1.29 is 9.18 Å². The summed E-state index contributed by atoms with van der Waals surface area (Å²) in [5.74, 6) is -0.261. The van der Waals surface area contributed by atoms with Crippen LogP contribution in [0.2, 0.25) is 5.02 Å². The topological polar surface area (TPSA) is 29.1 Å². The first-order valence-electron chi connectivity index (χ1n) is 8.89. The normalized spacial score (nSPS) is 16.4. The minimum absolute atomic E-state index is 0.0202. The van der Waals surface area contributed by atoms with Gasteiger partial charge in [-0.2, -0.15) is 0 Å². The maximum atomic E-state index is 13.7. The average molecular weight is 360 g/mol. The van der Waals surface area contributed by atoms with Crippen LogP contribution in [0, 0.1) is 5.82 Å². The third kappa shape index (κ3) is 4.21. The maximum Gasteiger partial charge on any atom is 0.230 e. The van der Waals surface area contributed by atoms with Crippen LogP contribution in [0.5, 0.6) is 0 Å². The van der Waals surface area contributed by atoms with Crippen LogP contribution in [0.3, 0.4) is 0 Å². The van der Waals surface area contributed by atoms with Gasteiger partial charge in [0.25, 0.3) is 0 Å². The first-order chi connectivity index (χ1) is 12.1. The van der Waals surface area contributed by atoms with E-state index in [1.807, 2.05) is 30.3 Å². The van der Waals surface area contributed by atoms with E-state index in [9.17, 15) is 9.18 Å². The van der Waals surface area contributed by atoms with E-state index in [1.54, 1.807) is 6.07 Å². The van der Waals surface area contributed by atoms with Gasteiger partial charge in [-0.25, -0.2) is 4.39 Å². The number of benzene rings is 2. The van der Waals surface area contributed by atoms with Gasteiger partial charge in [0.15, 0.2) is 0 Å². The molecule has 2 nitrogen and oxygen atoms in total. The van der Waals surface area contributed by atoms with Gasteiger partial charge < -0.3 is 5.32 Å². The summed E-state index contributed by atoms with van der Waals surface area (Å²) in [4.78, 5) is 13.0. The van der Waals surface area contributed by atoms with Gasteiger partial charge in [0.2, 0.25) is 5.91 Å². The lowest BCUT2D eigenvalue weighted by Crippen LogP contribution is -2.46. The van der Waals surface area contributed by atoms with Crippen molar-refractivity contribution >= 4 is 17.5 Å². The molecule has 0 atom stereocenters. The SMILES string of the molecule is O=C(NCCc1ccc(Cl)cc1)C1(c2cccc(F)c2)CCCCC1. The number of amides is 1. The van der Waals surface area contributed by atoms with Crippen molar-refractivity contribution in [1.82, 2.24) is 5.32 Å². The fourth-order valence-corrected chi connectivity index (χ4v) is 3.85. The van der Waals surface area contributed by atoms with Gasteiger partial charge in [0.05, 0.1) is 5.41 Å². The van der Waals surface area contributed by atoms with Crippen LogP contribution < -0.4 is 5.32 Å². The molecular formula is C21H23ClFNO. The quantitative estimate of drug-likeness (QED) is 0.796. The zero-order valence-corrected chi connectivity index (χ0v) is 15.0. The highest BCUT2D eigenvalue weighted by Crippen LogP contribution is 2.40. The Balaban J connectivity index is 1.70. The van der Waals surface area contributed by atoms with E-state index >= 15 is 0 Å². The van der Waals surface area contributed by atoms with Crippen molar-refractivity contribution in [3.05, 3.63) is 70.5 Å². The molecule has 0 saturated heterocycles. The maximum absolute atomic E-state index is 13.7. The highest BCUT2D eigenvalue weighted by Gasteiger charge is 2.41. The van der Waals surface area contributed by atoms with Crippen LogP contribution in [-0.4, -0.2) is 12.5 Å². The molecule has 0 aliphatic heterocycles. The summed E-state index contributed by atoms with van der Waals surface area (Å²) in [6, 6.07) is 14.2. The molecule has 0 aromatic heterocycles. The third-order valence-corrected chi connectivity index (χ3v) is 5.38. The number of hydrogen-bond acceptors (Lipinski definition) is 1. The fourth-order valence-electron chi connectivity index (χ4n) is 3.73. The first kappa shape index (κ1) is 17.9. The summed E-state index contributed by atoms with van der Waals surface area (Å²) < 4.78 is 13.7. The molecular weight excluding hydrogens is 337 g/mol. The molecule has 4 heteroatoms. The molecule has 0 unspecified atom stereocenters. The minimum atomic E-state index is -0.597. The number of carbonyl (C=O) groups is 1. The number of nitrogens with one attached hydrogen (secondary N) is 1. The van der Waals surface area contributed by atoms with E-state index < -0.39 is 5.41 Å². The molecule has 1 fully saturated rings. The first-order valence-corrected chi connectivity index (χ1v) is 9.27. The Hall–Kier alpha value is -1.87. The molecule has 1 aliphatic rings. The predicted octanol–water partition coefficient (Wildman–Crippen LogP) is 5.04. The summed E-state index contributed by atoms with van der Waals surface area (Å²) >= 11 is 5.90.